The van der Waals surface area contributed by atoms with E-state index in [0.29, 0.717) is 12.8 Å². The number of aliphatic carboxylic acids is 1. The number of hydrogen-bond acceptors (Lipinski definition) is 7. The standard InChI is InChI=1S/C58H109NO7/c1-6-8-10-12-14-16-18-20-22-24-26-27-28-29-31-32-34-36-38-40-42-44-46-48-56(60)65-53-54(52-64-51-50-55(58(62)63)59(3,4)5)66-57(61)49-47-45-43-41-39-37-35-33-30-25-23-21-19-17-15-13-11-9-7-2/h15,17,21,23,54-55H,6-14,16,18-20,22,24-53H2,1-5H3/b17-15-,23-21-. The average molecular weight is 933 g/mol. The lowest BCUT2D eigenvalue weighted by atomic mass is 10.0. The molecule has 0 aliphatic carbocycles. The number of ether oxygens (including phenoxy) is 3. The Labute approximate surface area is 409 Å². The molecule has 0 amide bonds. The smallest absolute Gasteiger partial charge is 0.306 e. The first-order valence-corrected chi connectivity index (χ1v) is 28.4. The van der Waals surface area contributed by atoms with E-state index in [-0.39, 0.29) is 42.7 Å². The van der Waals surface area contributed by atoms with E-state index in [1.165, 1.54) is 199 Å². The van der Waals surface area contributed by atoms with Gasteiger partial charge in [0.2, 0.25) is 0 Å². The minimum atomic E-state index is -1.12. The predicted octanol–water partition coefficient (Wildman–Crippen LogP) is 15.4. The fraction of sp³-hybridized carbons (Fsp3) is 0.879. The number of likely N-dealkylation sites (N-methyl/N-ethyl adjacent to an activating group) is 1. The van der Waals surface area contributed by atoms with Crippen molar-refractivity contribution in [3.63, 3.8) is 0 Å². The fourth-order valence-corrected chi connectivity index (χ4v) is 8.69. The van der Waals surface area contributed by atoms with E-state index in [1.807, 2.05) is 21.1 Å². The lowest BCUT2D eigenvalue weighted by molar-refractivity contribution is -0.889. The summed E-state index contributed by atoms with van der Waals surface area (Å²) in [6.07, 6.45) is 57.9. The Kier molecular flexibility index (Phi) is 47.6. The van der Waals surface area contributed by atoms with Crippen LogP contribution in [0.5, 0.6) is 0 Å². The third-order valence-electron chi connectivity index (χ3n) is 13.1. The number of carbonyl (C=O) groups excluding carboxylic acids is 3. The van der Waals surface area contributed by atoms with Crippen molar-refractivity contribution >= 4 is 17.9 Å². The van der Waals surface area contributed by atoms with Crippen LogP contribution in [0.1, 0.15) is 277 Å². The molecule has 8 heteroatoms. The van der Waals surface area contributed by atoms with Gasteiger partial charge >= 0.3 is 11.9 Å². The second kappa shape index (κ2) is 49.2. The SMILES string of the molecule is CCCCC/C=C\C/C=C\CCCCCCCCCCCC(=O)OC(COCCC(C(=O)[O-])[N+](C)(C)C)COC(=O)CCCCCCCCCCCCCCCCCCCCCCCCC. The van der Waals surface area contributed by atoms with Crippen LogP contribution in [0, 0.1) is 0 Å². The van der Waals surface area contributed by atoms with Gasteiger partial charge < -0.3 is 28.6 Å². The number of carbonyl (C=O) groups is 3. The maximum atomic E-state index is 12.8. The quantitative estimate of drug-likeness (QED) is 0.0259. The highest BCUT2D eigenvalue weighted by Gasteiger charge is 2.25. The maximum Gasteiger partial charge on any atom is 0.306 e. The average Bonchev–Trinajstić information content (AvgIpc) is 3.28. The van der Waals surface area contributed by atoms with Crippen LogP contribution in [0.2, 0.25) is 0 Å². The summed E-state index contributed by atoms with van der Waals surface area (Å²) in [7, 11) is 5.43. The van der Waals surface area contributed by atoms with Crippen molar-refractivity contribution in [1.29, 1.82) is 0 Å². The second-order valence-electron chi connectivity index (χ2n) is 20.5. The van der Waals surface area contributed by atoms with Gasteiger partial charge in [-0.3, -0.25) is 9.59 Å². The molecule has 0 radical (unpaired) electrons. The van der Waals surface area contributed by atoms with Crippen LogP contribution in [0.25, 0.3) is 0 Å². The minimum Gasteiger partial charge on any atom is -0.544 e. The molecule has 0 fully saturated rings. The van der Waals surface area contributed by atoms with Crippen LogP contribution in [0.4, 0.5) is 0 Å². The van der Waals surface area contributed by atoms with Crippen LogP contribution >= 0.6 is 0 Å². The van der Waals surface area contributed by atoms with Crippen molar-refractivity contribution in [3.8, 4) is 0 Å². The molecule has 8 nitrogen and oxygen atoms in total. The molecule has 0 aromatic rings. The Bertz CT molecular complexity index is 1130. The third kappa shape index (κ3) is 46.9. The molecule has 0 aliphatic rings. The van der Waals surface area contributed by atoms with Crippen molar-refractivity contribution in [3.05, 3.63) is 24.3 Å². The van der Waals surface area contributed by atoms with E-state index in [2.05, 4.69) is 38.2 Å². The van der Waals surface area contributed by atoms with Gasteiger partial charge in [0.05, 0.1) is 40.3 Å². The Morgan fingerprint density at radius 3 is 1.20 bits per heavy atom. The number of carboxylic acids is 1. The fourth-order valence-electron chi connectivity index (χ4n) is 8.69. The Hall–Kier alpha value is -2.19. The summed E-state index contributed by atoms with van der Waals surface area (Å²) in [4.78, 5) is 37.1. The van der Waals surface area contributed by atoms with Crippen LogP contribution in [0.3, 0.4) is 0 Å². The van der Waals surface area contributed by atoms with Gasteiger partial charge in [0.25, 0.3) is 0 Å². The van der Waals surface area contributed by atoms with Crippen LogP contribution in [0.15, 0.2) is 24.3 Å². The second-order valence-corrected chi connectivity index (χ2v) is 20.5. The Morgan fingerprint density at radius 1 is 0.455 bits per heavy atom. The molecule has 0 bridgehead atoms. The predicted molar refractivity (Wildman–Crippen MR) is 277 cm³/mol. The van der Waals surface area contributed by atoms with Crippen molar-refractivity contribution in [2.45, 2.75) is 289 Å². The van der Waals surface area contributed by atoms with Crippen molar-refractivity contribution < 1.29 is 38.2 Å². The molecule has 0 aromatic carbocycles. The normalized spacial score (nSPS) is 12.9. The van der Waals surface area contributed by atoms with Crippen LogP contribution in [-0.2, 0) is 28.6 Å². The van der Waals surface area contributed by atoms with E-state index >= 15 is 0 Å². The lowest BCUT2D eigenvalue weighted by Crippen LogP contribution is -2.55. The number of carboxylic acid groups (broad SMARTS) is 1. The van der Waals surface area contributed by atoms with Gasteiger partial charge in [-0.05, 0) is 44.9 Å². The molecule has 2 unspecified atom stereocenters. The first kappa shape index (κ1) is 63.8. The summed E-state index contributed by atoms with van der Waals surface area (Å²) in [5.41, 5.74) is 0. The molecule has 66 heavy (non-hydrogen) atoms. The summed E-state index contributed by atoms with van der Waals surface area (Å²) < 4.78 is 17.3. The number of nitrogens with zero attached hydrogens (tertiary/aromatic N) is 1. The van der Waals surface area contributed by atoms with E-state index in [4.69, 9.17) is 14.2 Å². The number of esters is 2. The van der Waals surface area contributed by atoms with Crippen molar-refractivity contribution in [2.75, 3.05) is 41.0 Å². The van der Waals surface area contributed by atoms with Crippen molar-refractivity contribution in [1.82, 2.24) is 0 Å². The molecule has 0 rings (SSSR count). The number of unbranched alkanes of at least 4 members (excludes halogenated alkanes) is 34. The molecular formula is C58H109NO7. The largest absolute Gasteiger partial charge is 0.544 e. The highest BCUT2D eigenvalue weighted by atomic mass is 16.6. The monoisotopic (exact) mass is 932 g/mol. The van der Waals surface area contributed by atoms with Gasteiger partial charge in [-0.2, -0.15) is 0 Å². The first-order valence-electron chi connectivity index (χ1n) is 28.4. The minimum absolute atomic E-state index is 0.0438. The maximum absolute atomic E-state index is 12.8. The highest BCUT2D eigenvalue weighted by molar-refractivity contribution is 5.70. The van der Waals surface area contributed by atoms with E-state index in [1.54, 1.807) is 0 Å². The summed E-state index contributed by atoms with van der Waals surface area (Å²) in [5.74, 6) is -1.72. The van der Waals surface area contributed by atoms with Crippen LogP contribution in [-0.4, -0.2) is 75.5 Å². The number of quaternary nitrogens is 1. The number of allylic oxidation sites excluding steroid dienone is 4. The Balaban J connectivity index is 4.13. The topological polar surface area (TPSA) is 102 Å². The zero-order valence-corrected chi connectivity index (χ0v) is 44.4. The van der Waals surface area contributed by atoms with E-state index in [0.717, 1.165) is 44.9 Å². The third-order valence-corrected chi connectivity index (χ3v) is 13.1. The summed E-state index contributed by atoms with van der Waals surface area (Å²) >= 11 is 0. The van der Waals surface area contributed by atoms with Gasteiger partial charge in [0, 0.05) is 19.3 Å². The van der Waals surface area contributed by atoms with E-state index in [9.17, 15) is 19.5 Å². The molecule has 0 aromatic heterocycles. The molecule has 2 atom stereocenters. The summed E-state index contributed by atoms with van der Waals surface area (Å²) in [6, 6.07) is -0.725. The number of rotatable bonds is 52. The highest BCUT2D eigenvalue weighted by Crippen LogP contribution is 2.17. The van der Waals surface area contributed by atoms with Gasteiger partial charge in [-0.25, -0.2) is 0 Å². The van der Waals surface area contributed by atoms with Crippen molar-refractivity contribution in [2.24, 2.45) is 0 Å². The first-order chi connectivity index (χ1) is 32.1. The van der Waals surface area contributed by atoms with Gasteiger partial charge in [0.15, 0.2) is 6.10 Å². The molecular weight excluding hydrogens is 823 g/mol. The zero-order valence-electron chi connectivity index (χ0n) is 44.4. The van der Waals surface area contributed by atoms with Gasteiger partial charge in [0.1, 0.15) is 12.6 Å². The Morgan fingerprint density at radius 2 is 0.803 bits per heavy atom. The zero-order chi connectivity index (χ0) is 48.4. The van der Waals surface area contributed by atoms with Gasteiger partial charge in [-0.15, -0.1) is 0 Å². The molecule has 0 aliphatic heterocycles. The molecule has 0 heterocycles. The number of hydrogen-bond donors (Lipinski definition) is 0. The molecule has 0 spiro atoms. The lowest BCUT2D eigenvalue weighted by Gasteiger charge is -2.34. The summed E-state index contributed by atoms with van der Waals surface area (Å²) in [6.45, 7) is 4.69. The van der Waals surface area contributed by atoms with Gasteiger partial charge in [-0.1, -0.05) is 237 Å². The molecule has 388 valence electrons. The summed E-state index contributed by atoms with van der Waals surface area (Å²) in [5, 5.41) is 11.7. The van der Waals surface area contributed by atoms with E-state index < -0.39 is 18.1 Å². The molecule has 0 N–H and O–H groups in total. The molecule has 0 saturated carbocycles. The van der Waals surface area contributed by atoms with Crippen LogP contribution < -0.4 is 5.11 Å². The molecule has 0 saturated heterocycles.